The zero-order valence-electron chi connectivity index (χ0n) is 15.1. The van der Waals surface area contributed by atoms with Gasteiger partial charge in [0, 0.05) is 37.7 Å². The summed E-state index contributed by atoms with van der Waals surface area (Å²) in [5.74, 6) is 0.0728. The van der Waals surface area contributed by atoms with Gasteiger partial charge in [0.25, 0.3) is 0 Å². The van der Waals surface area contributed by atoms with Crippen LogP contribution >= 0.6 is 11.6 Å². The first-order valence-electron chi connectivity index (χ1n) is 9.11. The van der Waals surface area contributed by atoms with Gasteiger partial charge in [-0.3, -0.25) is 9.69 Å². The zero-order valence-corrected chi connectivity index (χ0v) is 15.9. The van der Waals surface area contributed by atoms with Crippen molar-refractivity contribution in [2.24, 2.45) is 0 Å². The summed E-state index contributed by atoms with van der Waals surface area (Å²) >= 11 is 5.94. The highest BCUT2D eigenvalue weighted by molar-refractivity contribution is 6.30. The van der Waals surface area contributed by atoms with Crippen molar-refractivity contribution in [1.29, 1.82) is 0 Å². The first-order chi connectivity index (χ1) is 12.6. The molecule has 1 fully saturated rings. The van der Waals surface area contributed by atoms with E-state index in [1.807, 2.05) is 54.3 Å². The minimum absolute atomic E-state index is 0.128. The predicted octanol–water partition coefficient (Wildman–Crippen LogP) is 4.30. The number of carbonyl (C=O) groups is 1. The molecule has 1 unspecified atom stereocenters. The summed E-state index contributed by atoms with van der Waals surface area (Å²) < 4.78 is 0. The maximum atomic E-state index is 12.7. The highest BCUT2D eigenvalue weighted by Crippen LogP contribution is 2.21. The van der Waals surface area contributed by atoms with Crippen molar-refractivity contribution >= 4 is 23.6 Å². The third-order valence-corrected chi connectivity index (χ3v) is 5.15. The van der Waals surface area contributed by atoms with E-state index >= 15 is 0 Å². The maximum Gasteiger partial charge on any atom is 0.229 e. The molecular weight excluding hydrogens is 344 g/mol. The van der Waals surface area contributed by atoms with Crippen molar-refractivity contribution in [3.63, 3.8) is 0 Å². The van der Waals surface area contributed by atoms with Gasteiger partial charge < -0.3 is 4.90 Å². The fraction of sp³-hybridized carbons (Fsp3) is 0.318. The van der Waals surface area contributed by atoms with Gasteiger partial charge in [-0.15, -0.1) is 0 Å². The Morgan fingerprint density at radius 3 is 2.35 bits per heavy atom. The van der Waals surface area contributed by atoms with Crippen LogP contribution in [0.25, 0.3) is 6.08 Å². The van der Waals surface area contributed by atoms with Gasteiger partial charge in [0.05, 0.1) is 5.92 Å². The van der Waals surface area contributed by atoms with E-state index in [0.29, 0.717) is 5.02 Å². The lowest BCUT2D eigenvalue weighted by molar-refractivity contribution is -0.134. The van der Waals surface area contributed by atoms with Gasteiger partial charge in [-0.25, -0.2) is 0 Å². The lowest BCUT2D eigenvalue weighted by Gasteiger charge is -2.35. The maximum absolute atomic E-state index is 12.7. The number of nitrogens with zero attached hydrogens (tertiary/aromatic N) is 2. The number of hydrogen-bond donors (Lipinski definition) is 0. The molecule has 2 aromatic carbocycles. The molecule has 3 rings (SSSR count). The summed E-state index contributed by atoms with van der Waals surface area (Å²) in [6, 6.07) is 17.9. The minimum Gasteiger partial charge on any atom is -0.340 e. The average molecular weight is 369 g/mol. The quantitative estimate of drug-likeness (QED) is 0.785. The summed E-state index contributed by atoms with van der Waals surface area (Å²) in [4.78, 5) is 17.1. The number of piperazine rings is 1. The molecule has 0 radical (unpaired) electrons. The van der Waals surface area contributed by atoms with Gasteiger partial charge in [-0.05, 0) is 30.2 Å². The molecular formula is C22H25ClN2O. The molecule has 0 N–H and O–H groups in total. The van der Waals surface area contributed by atoms with E-state index in [-0.39, 0.29) is 11.8 Å². The van der Waals surface area contributed by atoms with Crippen molar-refractivity contribution in [3.8, 4) is 0 Å². The molecule has 0 aromatic heterocycles. The lowest BCUT2D eigenvalue weighted by atomic mass is 9.99. The zero-order chi connectivity index (χ0) is 18.4. The second-order valence-corrected chi connectivity index (χ2v) is 7.15. The first kappa shape index (κ1) is 18.7. The van der Waals surface area contributed by atoms with Gasteiger partial charge in [0.2, 0.25) is 5.91 Å². The van der Waals surface area contributed by atoms with Crippen molar-refractivity contribution in [1.82, 2.24) is 9.80 Å². The molecule has 1 saturated heterocycles. The highest BCUT2D eigenvalue weighted by Gasteiger charge is 2.25. The fourth-order valence-electron chi connectivity index (χ4n) is 3.22. The van der Waals surface area contributed by atoms with Crippen molar-refractivity contribution in [2.75, 3.05) is 32.7 Å². The van der Waals surface area contributed by atoms with Crippen LogP contribution in [0.5, 0.6) is 0 Å². The second-order valence-electron chi connectivity index (χ2n) is 6.71. The van der Waals surface area contributed by atoms with Gasteiger partial charge in [0.1, 0.15) is 0 Å². The Balaban J connectivity index is 1.47. The molecule has 1 heterocycles. The molecule has 2 aromatic rings. The van der Waals surface area contributed by atoms with Crippen molar-refractivity contribution in [3.05, 3.63) is 76.8 Å². The Bertz CT molecular complexity index is 734. The van der Waals surface area contributed by atoms with E-state index in [0.717, 1.165) is 38.3 Å². The number of benzene rings is 2. The topological polar surface area (TPSA) is 23.6 Å². The molecule has 0 aliphatic carbocycles. The normalized spacial score (nSPS) is 16.8. The lowest BCUT2D eigenvalue weighted by Crippen LogP contribution is -2.49. The van der Waals surface area contributed by atoms with E-state index in [4.69, 9.17) is 11.6 Å². The third kappa shape index (κ3) is 4.96. The Labute approximate surface area is 160 Å². The van der Waals surface area contributed by atoms with Crippen molar-refractivity contribution < 1.29 is 4.79 Å². The summed E-state index contributed by atoms with van der Waals surface area (Å²) in [6.45, 7) is 6.30. The molecule has 0 bridgehead atoms. The smallest absolute Gasteiger partial charge is 0.229 e. The van der Waals surface area contributed by atoms with Gasteiger partial charge >= 0.3 is 0 Å². The number of amides is 1. The van der Waals surface area contributed by atoms with E-state index in [1.54, 1.807) is 0 Å². The largest absolute Gasteiger partial charge is 0.340 e. The molecule has 1 aliphatic rings. The SMILES string of the molecule is CC(C(=O)N1CCN(CC=Cc2ccccc2)CC1)c1ccc(Cl)cc1. The van der Waals surface area contributed by atoms with E-state index < -0.39 is 0 Å². The second kappa shape index (κ2) is 9.02. The first-order valence-corrected chi connectivity index (χ1v) is 9.49. The molecule has 1 amide bonds. The highest BCUT2D eigenvalue weighted by atomic mass is 35.5. The number of hydrogen-bond acceptors (Lipinski definition) is 2. The summed E-state index contributed by atoms with van der Waals surface area (Å²) in [5.41, 5.74) is 2.24. The van der Waals surface area contributed by atoms with Crippen LogP contribution in [-0.2, 0) is 4.79 Å². The van der Waals surface area contributed by atoms with E-state index in [1.165, 1.54) is 5.56 Å². The van der Waals surface area contributed by atoms with Crippen molar-refractivity contribution in [2.45, 2.75) is 12.8 Å². The van der Waals surface area contributed by atoms with Crippen LogP contribution in [0.1, 0.15) is 24.0 Å². The van der Waals surface area contributed by atoms with E-state index in [9.17, 15) is 4.79 Å². The standard InChI is InChI=1S/C22H25ClN2O/c1-18(20-9-11-21(23)12-10-20)22(26)25-16-14-24(15-17-25)13-5-8-19-6-3-2-4-7-19/h2-12,18H,13-17H2,1H3. The molecule has 3 nitrogen and oxygen atoms in total. The minimum atomic E-state index is -0.128. The van der Waals surface area contributed by atoms with Gasteiger partial charge in [-0.1, -0.05) is 66.2 Å². The fourth-order valence-corrected chi connectivity index (χ4v) is 3.35. The van der Waals surface area contributed by atoms with Crippen LogP contribution in [0.15, 0.2) is 60.7 Å². The molecule has 1 atom stereocenters. The average Bonchev–Trinajstić information content (AvgIpc) is 2.69. The van der Waals surface area contributed by atoms with Crippen LogP contribution in [0.2, 0.25) is 5.02 Å². The van der Waals surface area contributed by atoms with Gasteiger partial charge in [0.15, 0.2) is 0 Å². The Kier molecular flexibility index (Phi) is 6.48. The predicted molar refractivity (Wildman–Crippen MR) is 108 cm³/mol. The number of rotatable bonds is 5. The van der Waals surface area contributed by atoms with E-state index in [2.05, 4.69) is 29.2 Å². The molecule has 26 heavy (non-hydrogen) atoms. The summed E-state index contributed by atoms with van der Waals surface area (Å²) in [7, 11) is 0. The Morgan fingerprint density at radius 1 is 1.04 bits per heavy atom. The number of halogens is 1. The molecule has 0 saturated carbocycles. The number of carbonyl (C=O) groups excluding carboxylic acids is 1. The van der Waals surface area contributed by atoms with Crippen LogP contribution in [-0.4, -0.2) is 48.4 Å². The van der Waals surface area contributed by atoms with Crippen LogP contribution in [0.3, 0.4) is 0 Å². The molecule has 136 valence electrons. The molecule has 0 spiro atoms. The van der Waals surface area contributed by atoms with Crippen LogP contribution < -0.4 is 0 Å². The third-order valence-electron chi connectivity index (χ3n) is 4.90. The van der Waals surface area contributed by atoms with Crippen LogP contribution in [0.4, 0.5) is 0 Å². The Hall–Kier alpha value is -2.10. The summed E-state index contributed by atoms with van der Waals surface area (Å²) in [6.07, 6.45) is 4.35. The molecule has 4 heteroatoms. The van der Waals surface area contributed by atoms with Crippen LogP contribution in [0, 0.1) is 0 Å². The van der Waals surface area contributed by atoms with Gasteiger partial charge in [-0.2, -0.15) is 0 Å². The monoisotopic (exact) mass is 368 g/mol. The molecule has 1 aliphatic heterocycles. The Morgan fingerprint density at radius 2 is 1.69 bits per heavy atom. The summed E-state index contributed by atoms with van der Waals surface area (Å²) in [5, 5.41) is 0.700.